The molecule has 1 fully saturated rings. The highest BCUT2D eigenvalue weighted by Crippen LogP contribution is 2.28. The van der Waals surface area contributed by atoms with Gasteiger partial charge in [-0.25, -0.2) is 19.0 Å². The molecule has 0 aliphatic carbocycles. The highest BCUT2D eigenvalue weighted by atomic mass is 19.1. The van der Waals surface area contributed by atoms with Gasteiger partial charge in [-0.2, -0.15) is 5.10 Å². The van der Waals surface area contributed by atoms with E-state index in [9.17, 15) is 9.18 Å². The van der Waals surface area contributed by atoms with Crippen LogP contribution in [0, 0.1) is 5.82 Å². The number of benzene rings is 2. The van der Waals surface area contributed by atoms with E-state index >= 15 is 0 Å². The SMILES string of the molecule is COCc1nc(N2CCN(C(=O)c3cccc(F)c3)CC2)c2cnn(-c3ccc(OC)cc3)c2n1. The summed E-state index contributed by atoms with van der Waals surface area (Å²) in [5.41, 5.74) is 1.87. The number of fused-ring (bicyclic) bond motifs is 1. The van der Waals surface area contributed by atoms with Gasteiger partial charge in [0.1, 0.15) is 24.0 Å². The minimum atomic E-state index is -0.419. The van der Waals surface area contributed by atoms with Gasteiger partial charge in [0.25, 0.3) is 5.91 Å². The first-order valence-corrected chi connectivity index (χ1v) is 11.2. The molecule has 2 aromatic heterocycles. The fourth-order valence-corrected chi connectivity index (χ4v) is 4.21. The fraction of sp³-hybridized carbons (Fsp3) is 0.280. The largest absolute Gasteiger partial charge is 0.497 e. The molecule has 0 N–H and O–H groups in total. The Balaban J connectivity index is 1.43. The zero-order valence-electron chi connectivity index (χ0n) is 19.5. The summed E-state index contributed by atoms with van der Waals surface area (Å²) in [5, 5.41) is 5.39. The molecule has 1 aliphatic rings. The molecule has 4 aromatic rings. The zero-order chi connectivity index (χ0) is 24.4. The molecule has 1 aliphatic heterocycles. The van der Waals surface area contributed by atoms with Crippen LogP contribution in [0.5, 0.6) is 5.75 Å². The van der Waals surface area contributed by atoms with Crippen molar-refractivity contribution in [3.63, 3.8) is 0 Å². The molecule has 1 saturated heterocycles. The second-order valence-corrected chi connectivity index (χ2v) is 8.18. The first-order valence-electron chi connectivity index (χ1n) is 11.2. The summed E-state index contributed by atoms with van der Waals surface area (Å²) in [6.07, 6.45) is 1.76. The number of anilines is 1. The van der Waals surface area contributed by atoms with Crippen molar-refractivity contribution >= 4 is 22.8 Å². The van der Waals surface area contributed by atoms with E-state index in [0.29, 0.717) is 43.2 Å². The topological polar surface area (TPSA) is 85.6 Å². The molecule has 0 atom stereocenters. The number of methoxy groups -OCH3 is 2. The molecular weight excluding hydrogens is 451 g/mol. The summed E-state index contributed by atoms with van der Waals surface area (Å²) in [6, 6.07) is 13.4. The first-order chi connectivity index (χ1) is 17.1. The van der Waals surface area contributed by atoms with E-state index in [2.05, 4.69) is 10.00 Å². The highest BCUT2D eigenvalue weighted by Gasteiger charge is 2.26. The molecule has 10 heteroatoms. The predicted octanol–water partition coefficient (Wildman–Crippen LogP) is 3.07. The fourth-order valence-electron chi connectivity index (χ4n) is 4.21. The molecule has 1 amide bonds. The zero-order valence-corrected chi connectivity index (χ0v) is 19.5. The molecule has 2 aromatic carbocycles. The Morgan fingerprint density at radius 1 is 1.03 bits per heavy atom. The summed E-state index contributed by atoms with van der Waals surface area (Å²) < 4.78 is 25.9. The van der Waals surface area contributed by atoms with Crippen LogP contribution in [-0.4, -0.2) is 71.0 Å². The number of rotatable bonds is 6. The third-order valence-corrected chi connectivity index (χ3v) is 5.98. The van der Waals surface area contributed by atoms with Crippen molar-refractivity contribution in [2.24, 2.45) is 0 Å². The van der Waals surface area contributed by atoms with E-state index in [0.717, 1.165) is 22.6 Å². The number of amides is 1. The number of aromatic nitrogens is 4. The van der Waals surface area contributed by atoms with Crippen LogP contribution in [0.2, 0.25) is 0 Å². The third kappa shape index (κ3) is 4.52. The maximum Gasteiger partial charge on any atom is 0.254 e. The normalized spacial score (nSPS) is 13.9. The van der Waals surface area contributed by atoms with E-state index in [1.165, 1.54) is 12.1 Å². The van der Waals surface area contributed by atoms with Crippen LogP contribution in [-0.2, 0) is 11.3 Å². The number of carbonyl (C=O) groups is 1. The van der Waals surface area contributed by atoms with Gasteiger partial charge in [0.2, 0.25) is 0 Å². The Morgan fingerprint density at radius 2 is 1.80 bits per heavy atom. The van der Waals surface area contributed by atoms with E-state index in [1.807, 2.05) is 24.3 Å². The summed E-state index contributed by atoms with van der Waals surface area (Å²) in [7, 11) is 3.23. The van der Waals surface area contributed by atoms with E-state index < -0.39 is 5.82 Å². The maximum atomic E-state index is 13.6. The Bertz CT molecular complexity index is 1350. The number of hydrogen-bond acceptors (Lipinski definition) is 7. The average molecular weight is 477 g/mol. The molecule has 0 saturated carbocycles. The standard InChI is InChI=1S/C25H25FN6O3/c1-34-16-22-28-23(21-15-27-32(24(21)29-22)19-6-8-20(35-2)9-7-19)30-10-12-31(13-11-30)25(33)17-4-3-5-18(26)14-17/h3-9,14-15H,10-13,16H2,1-2H3. The lowest BCUT2D eigenvalue weighted by molar-refractivity contribution is 0.0746. The molecule has 0 unspecified atom stereocenters. The van der Waals surface area contributed by atoms with Crippen molar-refractivity contribution < 1.29 is 18.7 Å². The van der Waals surface area contributed by atoms with Crippen molar-refractivity contribution in [3.05, 3.63) is 71.9 Å². The molecule has 35 heavy (non-hydrogen) atoms. The Morgan fingerprint density at radius 3 is 2.49 bits per heavy atom. The Kier molecular flexibility index (Phi) is 6.28. The lowest BCUT2D eigenvalue weighted by Crippen LogP contribution is -2.49. The summed E-state index contributed by atoms with van der Waals surface area (Å²) >= 11 is 0. The van der Waals surface area contributed by atoms with Crippen molar-refractivity contribution in [1.82, 2.24) is 24.6 Å². The number of nitrogens with zero attached hydrogens (tertiary/aromatic N) is 6. The van der Waals surface area contributed by atoms with E-state index in [1.54, 1.807) is 42.1 Å². The average Bonchev–Trinajstić information content (AvgIpc) is 3.32. The number of halogens is 1. The second kappa shape index (κ2) is 9.67. The summed E-state index contributed by atoms with van der Waals surface area (Å²) in [5.74, 6) is 1.45. The lowest BCUT2D eigenvalue weighted by atomic mass is 10.1. The van der Waals surface area contributed by atoms with Crippen LogP contribution in [0.4, 0.5) is 10.2 Å². The van der Waals surface area contributed by atoms with Crippen molar-refractivity contribution in [1.29, 1.82) is 0 Å². The Labute approximate surface area is 201 Å². The molecular formula is C25H25FN6O3. The number of piperazine rings is 1. The van der Waals surface area contributed by atoms with Crippen molar-refractivity contribution in [3.8, 4) is 11.4 Å². The van der Waals surface area contributed by atoms with Crippen LogP contribution < -0.4 is 9.64 Å². The maximum absolute atomic E-state index is 13.6. The molecule has 0 spiro atoms. The predicted molar refractivity (Wildman–Crippen MR) is 128 cm³/mol. The van der Waals surface area contributed by atoms with Crippen LogP contribution in [0.15, 0.2) is 54.7 Å². The monoisotopic (exact) mass is 476 g/mol. The van der Waals surface area contributed by atoms with Gasteiger partial charge in [0.15, 0.2) is 11.5 Å². The Hall–Kier alpha value is -4.05. The number of carbonyl (C=O) groups excluding carboxylic acids is 1. The van der Waals surface area contributed by atoms with Gasteiger partial charge < -0.3 is 19.3 Å². The van der Waals surface area contributed by atoms with Crippen molar-refractivity contribution in [2.75, 3.05) is 45.3 Å². The lowest BCUT2D eigenvalue weighted by Gasteiger charge is -2.35. The molecule has 9 nitrogen and oxygen atoms in total. The molecule has 0 radical (unpaired) electrons. The van der Waals surface area contributed by atoms with Crippen molar-refractivity contribution in [2.45, 2.75) is 6.61 Å². The summed E-state index contributed by atoms with van der Waals surface area (Å²) in [4.78, 5) is 26.1. The quantitative estimate of drug-likeness (QED) is 0.423. The molecule has 180 valence electrons. The first kappa shape index (κ1) is 22.7. The minimum Gasteiger partial charge on any atom is -0.497 e. The highest BCUT2D eigenvalue weighted by molar-refractivity contribution is 5.94. The molecule has 5 rings (SSSR count). The van der Waals surface area contributed by atoms with Gasteiger partial charge in [0, 0.05) is 38.9 Å². The smallest absolute Gasteiger partial charge is 0.254 e. The van der Waals surface area contributed by atoms with Crippen LogP contribution >= 0.6 is 0 Å². The van der Waals surface area contributed by atoms with Gasteiger partial charge in [-0.3, -0.25) is 4.79 Å². The number of ether oxygens (including phenoxy) is 2. The van der Waals surface area contributed by atoms with E-state index in [-0.39, 0.29) is 12.5 Å². The van der Waals surface area contributed by atoms with E-state index in [4.69, 9.17) is 19.4 Å². The third-order valence-electron chi connectivity index (χ3n) is 5.98. The van der Waals surface area contributed by atoms with Gasteiger partial charge in [0.05, 0.1) is 24.4 Å². The second-order valence-electron chi connectivity index (χ2n) is 8.18. The van der Waals surface area contributed by atoms with Gasteiger partial charge >= 0.3 is 0 Å². The number of hydrogen-bond donors (Lipinski definition) is 0. The summed E-state index contributed by atoms with van der Waals surface area (Å²) in [6.45, 7) is 2.40. The molecule has 0 bridgehead atoms. The van der Waals surface area contributed by atoms with Gasteiger partial charge in [-0.15, -0.1) is 0 Å². The van der Waals surface area contributed by atoms with Crippen LogP contribution in [0.3, 0.4) is 0 Å². The molecule has 3 heterocycles. The van der Waals surface area contributed by atoms with Crippen LogP contribution in [0.1, 0.15) is 16.2 Å². The van der Waals surface area contributed by atoms with Crippen LogP contribution in [0.25, 0.3) is 16.7 Å². The van der Waals surface area contributed by atoms with Gasteiger partial charge in [-0.1, -0.05) is 6.07 Å². The van der Waals surface area contributed by atoms with Gasteiger partial charge in [-0.05, 0) is 42.5 Å². The minimum absolute atomic E-state index is 0.176.